The van der Waals surface area contributed by atoms with Gasteiger partial charge in [0.25, 0.3) is 0 Å². The first-order valence-corrected chi connectivity index (χ1v) is 8.31. The van der Waals surface area contributed by atoms with E-state index in [0.717, 1.165) is 38.0 Å². The zero-order chi connectivity index (χ0) is 17.2. The Labute approximate surface area is 141 Å². The second kappa shape index (κ2) is 10.1. The van der Waals surface area contributed by atoms with Crippen molar-refractivity contribution in [3.63, 3.8) is 0 Å². The van der Waals surface area contributed by atoms with Crippen LogP contribution in [0, 0.1) is 0 Å². The van der Waals surface area contributed by atoms with Gasteiger partial charge in [-0.3, -0.25) is 0 Å². The van der Waals surface area contributed by atoms with Gasteiger partial charge in [0.05, 0.1) is 6.54 Å². The average molecular weight is 320 g/mol. The van der Waals surface area contributed by atoms with E-state index in [1.807, 2.05) is 50.1 Å². The maximum atomic E-state index is 5.80. The molecule has 0 radical (unpaired) electrons. The van der Waals surface area contributed by atoms with Crippen molar-refractivity contribution in [3.05, 3.63) is 29.8 Å². The lowest BCUT2D eigenvalue weighted by molar-refractivity contribution is 0.223. The van der Waals surface area contributed by atoms with Crippen molar-refractivity contribution in [1.82, 2.24) is 14.7 Å². The molecule has 5 heteroatoms. The predicted molar refractivity (Wildman–Crippen MR) is 98.2 cm³/mol. The summed E-state index contributed by atoms with van der Waals surface area (Å²) in [6, 6.07) is 8.22. The Morgan fingerprint density at radius 1 is 0.957 bits per heavy atom. The SMILES string of the molecule is CCN(CC)CCOc1ccc(CN=C(N(C)C)N(C)C)cc1. The van der Waals surface area contributed by atoms with E-state index >= 15 is 0 Å². The third-order valence-electron chi connectivity index (χ3n) is 3.70. The zero-order valence-corrected chi connectivity index (χ0v) is 15.5. The number of rotatable bonds is 8. The Kier molecular flexibility index (Phi) is 8.48. The van der Waals surface area contributed by atoms with Crippen molar-refractivity contribution in [2.24, 2.45) is 4.99 Å². The van der Waals surface area contributed by atoms with Crippen LogP contribution < -0.4 is 4.74 Å². The van der Waals surface area contributed by atoms with E-state index in [-0.39, 0.29) is 0 Å². The van der Waals surface area contributed by atoms with Crippen molar-refractivity contribution in [2.45, 2.75) is 20.4 Å². The first-order chi connectivity index (χ1) is 11.0. The van der Waals surface area contributed by atoms with Crippen LogP contribution in [-0.2, 0) is 6.54 Å². The van der Waals surface area contributed by atoms with Crippen molar-refractivity contribution in [1.29, 1.82) is 0 Å². The zero-order valence-electron chi connectivity index (χ0n) is 15.5. The highest BCUT2D eigenvalue weighted by molar-refractivity contribution is 5.79. The lowest BCUT2D eigenvalue weighted by Gasteiger charge is -2.22. The summed E-state index contributed by atoms with van der Waals surface area (Å²) in [7, 11) is 8.02. The minimum Gasteiger partial charge on any atom is -0.492 e. The van der Waals surface area contributed by atoms with E-state index in [1.54, 1.807) is 0 Å². The van der Waals surface area contributed by atoms with Crippen LogP contribution in [0.15, 0.2) is 29.3 Å². The van der Waals surface area contributed by atoms with Gasteiger partial charge in [-0.25, -0.2) is 4.99 Å². The maximum absolute atomic E-state index is 5.80. The molecule has 0 unspecified atom stereocenters. The van der Waals surface area contributed by atoms with Crippen LogP contribution in [-0.4, -0.2) is 75.1 Å². The fourth-order valence-corrected chi connectivity index (χ4v) is 2.37. The number of aliphatic imine (C=N–C) groups is 1. The number of benzene rings is 1. The second-order valence-electron chi connectivity index (χ2n) is 5.92. The summed E-state index contributed by atoms with van der Waals surface area (Å²) in [5.74, 6) is 1.88. The molecule has 0 amide bonds. The molecule has 0 aromatic heterocycles. The second-order valence-corrected chi connectivity index (χ2v) is 5.92. The minimum absolute atomic E-state index is 0.672. The highest BCUT2D eigenvalue weighted by atomic mass is 16.5. The van der Waals surface area contributed by atoms with Crippen LogP contribution in [0.25, 0.3) is 0 Å². The van der Waals surface area contributed by atoms with Gasteiger partial charge in [-0.15, -0.1) is 0 Å². The molecule has 1 rings (SSSR count). The molecule has 0 aliphatic heterocycles. The fourth-order valence-electron chi connectivity index (χ4n) is 2.37. The van der Waals surface area contributed by atoms with Gasteiger partial charge in [-0.1, -0.05) is 26.0 Å². The van der Waals surface area contributed by atoms with Gasteiger partial charge >= 0.3 is 0 Å². The largest absolute Gasteiger partial charge is 0.492 e. The van der Waals surface area contributed by atoms with Gasteiger partial charge in [0.2, 0.25) is 0 Å². The first kappa shape index (κ1) is 19.3. The number of ether oxygens (including phenoxy) is 1. The Balaban J connectivity index is 2.51. The number of guanidine groups is 1. The maximum Gasteiger partial charge on any atom is 0.195 e. The standard InChI is InChI=1S/C18H32N4O/c1-7-22(8-2)13-14-23-17-11-9-16(10-12-17)15-19-18(20(3)4)21(5)6/h9-12H,7-8,13-15H2,1-6H3. The van der Waals surface area contributed by atoms with Gasteiger partial charge in [0.15, 0.2) is 5.96 Å². The smallest absolute Gasteiger partial charge is 0.195 e. The molecular formula is C18H32N4O. The van der Waals surface area contributed by atoms with Crippen molar-refractivity contribution in [3.8, 4) is 5.75 Å². The van der Waals surface area contributed by atoms with E-state index in [9.17, 15) is 0 Å². The molecule has 0 N–H and O–H groups in total. The molecule has 5 nitrogen and oxygen atoms in total. The molecule has 1 aromatic rings. The average Bonchev–Trinajstić information content (AvgIpc) is 2.52. The fraction of sp³-hybridized carbons (Fsp3) is 0.611. The van der Waals surface area contributed by atoms with E-state index < -0.39 is 0 Å². The van der Waals surface area contributed by atoms with Crippen LogP contribution >= 0.6 is 0 Å². The van der Waals surface area contributed by atoms with Crippen LogP contribution in [0.4, 0.5) is 0 Å². The number of hydrogen-bond donors (Lipinski definition) is 0. The molecule has 1 aromatic carbocycles. The summed E-state index contributed by atoms with van der Waals surface area (Å²) in [5, 5.41) is 0. The van der Waals surface area contributed by atoms with Gasteiger partial charge in [0.1, 0.15) is 12.4 Å². The molecule has 0 heterocycles. The third-order valence-corrected chi connectivity index (χ3v) is 3.70. The Morgan fingerprint density at radius 2 is 1.52 bits per heavy atom. The Bertz CT molecular complexity index is 454. The lowest BCUT2D eigenvalue weighted by atomic mass is 10.2. The van der Waals surface area contributed by atoms with E-state index in [4.69, 9.17) is 4.74 Å². The Morgan fingerprint density at radius 3 is 2.00 bits per heavy atom. The third kappa shape index (κ3) is 6.91. The summed E-state index contributed by atoms with van der Waals surface area (Å²) in [4.78, 5) is 11.0. The number of likely N-dealkylation sites (N-methyl/N-ethyl adjacent to an activating group) is 1. The molecule has 0 aliphatic carbocycles. The normalized spacial score (nSPS) is 10.6. The van der Waals surface area contributed by atoms with Crippen LogP contribution in [0.2, 0.25) is 0 Å². The highest BCUT2D eigenvalue weighted by Gasteiger charge is 2.04. The summed E-state index contributed by atoms with van der Waals surface area (Å²) in [6.45, 7) is 8.85. The summed E-state index contributed by atoms with van der Waals surface area (Å²) >= 11 is 0. The molecule has 0 aliphatic rings. The van der Waals surface area contributed by atoms with Gasteiger partial charge in [-0.2, -0.15) is 0 Å². The van der Waals surface area contributed by atoms with E-state index in [1.165, 1.54) is 5.56 Å². The predicted octanol–water partition coefficient (Wildman–Crippen LogP) is 2.39. The van der Waals surface area contributed by atoms with Crippen molar-refractivity contribution < 1.29 is 4.74 Å². The van der Waals surface area contributed by atoms with E-state index in [2.05, 4.69) is 35.9 Å². The van der Waals surface area contributed by atoms with Gasteiger partial charge in [-0.05, 0) is 30.8 Å². The van der Waals surface area contributed by atoms with Crippen molar-refractivity contribution in [2.75, 3.05) is 54.4 Å². The monoisotopic (exact) mass is 320 g/mol. The first-order valence-electron chi connectivity index (χ1n) is 8.31. The lowest BCUT2D eigenvalue weighted by Crippen LogP contribution is -2.35. The molecule has 23 heavy (non-hydrogen) atoms. The Hall–Kier alpha value is -1.75. The van der Waals surface area contributed by atoms with Crippen LogP contribution in [0.1, 0.15) is 19.4 Å². The molecule has 0 spiro atoms. The number of nitrogens with zero attached hydrogens (tertiary/aromatic N) is 4. The van der Waals surface area contributed by atoms with Crippen molar-refractivity contribution >= 4 is 5.96 Å². The molecule has 0 fully saturated rings. The molecule has 0 bridgehead atoms. The molecular weight excluding hydrogens is 288 g/mol. The van der Waals surface area contributed by atoms with Crippen LogP contribution in [0.5, 0.6) is 5.75 Å². The molecule has 0 atom stereocenters. The summed E-state index contributed by atoms with van der Waals surface area (Å²) in [6.07, 6.45) is 0. The van der Waals surface area contributed by atoms with E-state index in [0.29, 0.717) is 6.54 Å². The number of hydrogen-bond acceptors (Lipinski definition) is 3. The molecule has 130 valence electrons. The summed E-state index contributed by atoms with van der Waals surface area (Å²) < 4.78 is 5.80. The molecule has 0 saturated carbocycles. The quantitative estimate of drug-likeness (QED) is 0.544. The van der Waals surface area contributed by atoms with Gasteiger partial charge in [0, 0.05) is 34.7 Å². The molecule has 0 saturated heterocycles. The summed E-state index contributed by atoms with van der Waals surface area (Å²) in [5.41, 5.74) is 1.18. The topological polar surface area (TPSA) is 31.3 Å². The van der Waals surface area contributed by atoms with Gasteiger partial charge < -0.3 is 19.4 Å². The van der Waals surface area contributed by atoms with Crippen LogP contribution in [0.3, 0.4) is 0 Å². The highest BCUT2D eigenvalue weighted by Crippen LogP contribution is 2.13. The minimum atomic E-state index is 0.672.